The zero-order valence-corrected chi connectivity index (χ0v) is 16.7. The second-order valence-electron chi connectivity index (χ2n) is 7.54. The van der Waals surface area contributed by atoms with E-state index in [-0.39, 0.29) is 12.0 Å². The predicted molar refractivity (Wildman–Crippen MR) is 113 cm³/mol. The van der Waals surface area contributed by atoms with E-state index in [0.717, 1.165) is 61.9 Å². The van der Waals surface area contributed by atoms with Gasteiger partial charge in [0, 0.05) is 31.6 Å². The van der Waals surface area contributed by atoms with Crippen molar-refractivity contribution in [3.63, 3.8) is 0 Å². The quantitative estimate of drug-likeness (QED) is 0.711. The molecule has 1 amide bonds. The van der Waals surface area contributed by atoms with Crippen molar-refractivity contribution in [1.82, 2.24) is 4.98 Å². The number of rotatable bonds is 5. The maximum atomic E-state index is 12.8. The molecule has 0 bridgehead atoms. The van der Waals surface area contributed by atoms with Gasteiger partial charge in [0.25, 0.3) is 5.91 Å². The largest absolute Gasteiger partial charge is 0.393 e. The molecule has 150 valence electrons. The molecule has 4 rings (SSSR count). The van der Waals surface area contributed by atoms with Crippen LogP contribution in [0, 0.1) is 5.92 Å². The fourth-order valence-corrected chi connectivity index (χ4v) is 4.70. The number of carbonyl (C=O) groups excluding carboxylic acids is 1. The first-order valence-electron chi connectivity index (χ1n) is 9.88. The molecule has 2 saturated heterocycles. The number of aliphatic hydroxyl groups excluding tert-OH is 1. The Hall–Kier alpha value is -2.16. The van der Waals surface area contributed by atoms with Crippen molar-refractivity contribution < 1.29 is 9.90 Å². The molecule has 8 heteroatoms. The van der Waals surface area contributed by atoms with Crippen LogP contribution >= 0.6 is 11.3 Å². The Kier molecular flexibility index (Phi) is 5.79. The van der Waals surface area contributed by atoms with E-state index < -0.39 is 0 Å². The van der Waals surface area contributed by atoms with Crippen LogP contribution in [0.1, 0.15) is 29.8 Å². The minimum atomic E-state index is -0.226. The number of hydrogen-bond acceptors (Lipinski definition) is 7. The first kappa shape index (κ1) is 19.2. The molecule has 2 aromatic rings. The Labute approximate surface area is 169 Å². The molecule has 2 aliphatic rings. The number of hydrogen-bond donors (Lipinski definition) is 3. The Balaban J connectivity index is 1.45. The third kappa shape index (κ3) is 4.14. The molecule has 1 aromatic carbocycles. The molecule has 0 aliphatic carbocycles. The number of benzene rings is 1. The Morgan fingerprint density at radius 1 is 1.21 bits per heavy atom. The van der Waals surface area contributed by atoms with Crippen LogP contribution in [0.3, 0.4) is 0 Å². The number of nitrogens with two attached hydrogens (primary N) is 1. The summed E-state index contributed by atoms with van der Waals surface area (Å²) in [5.41, 5.74) is 7.99. The normalized spacial score (nSPS) is 20.6. The molecular weight excluding hydrogens is 374 g/mol. The van der Waals surface area contributed by atoms with Gasteiger partial charge in [-0.15, -0.1) is 11.3 Å². The van der Waals surface area contributed by atoms with E-state index in [2.05, 4.69) is 20.1 Å². The number of nitrogens with zero attached hydrogens (tertiary/aromatic N) is 3. The first-order chi connectivity index (χ1) is 13.6. The van der Waals surface area contributed by atoms with Crippen LogP contribution in [0.4, 0.5) is 16.5 Å². The molecule has 1 atom stereocenters. The minimum absolute atomic E-state index is 0.193. The molecule has 0 saturated carbocycles. The van der Waals surface area contributed by atoms with Crippen molar-refractivity contribution in [3.8, 4) is 0 Å². The topological polar surface area (TPSA) is 94.7 Å². The van der Waals surface area contributed by atoms with Gasteiger partial charge in [0.1, 0.15) is 5.69 Å². The summed E-state index contributed by atoms with van der Waals surface area (Å²) in [6.07, 6.45) is 2.35. The monoisotopic (exact) mass is 401 g/mol. The van der Waals surface area contributed by atoms with Crippen LogP contribution in [0.5, 0.6) is 0 Å². The fourth-order valence-electron chi connectivity index (χ4n) is 3.86. The van der Waals surface area contributed by atoms with Gasteiger partial charge in [0.15, 0.2) is 5.13 Å². The molecule has 4 N–H and O–H groups in total. The molecule has 0 spiro atoms. The summed E-state index contributed by atoms with van der Waals surface area (Å²) in [5.74, 6) is 0.317. The molecule has 0 radical (unpaired) electrons. The summed E-state index contributed by atoms with van der Waals surface area (Å²) >= 11 is 1.51. The summed E-state index contributed by atoms with van der Waals surface area (Å²) in [4.78, 5) is 21.8. The second-order valence-corrected chi connectivity index (χ2v) is 8.38. The smallest absolute Gasteiger partial charge is 0.275 e. The zero-order chi connectivity index (χ0) is 19.5. The minimum Gasteiger partial charge on any atom is -0.393 e. The molecule has 3 heterocycles. The van der Waals surface area contributed by atoms with Crippen molar-refractivity contribution in [2.24, 2.45) is 11.7 Å². The lowest BCUT2D eigenvalue weighted by atomic mass is 10.1. The average molecular weight is 402 g/mol. The van der Waals surface area contributed by atoms with Crippen molar-refractivity contribution in [2.45, 2.75) is 25.4 Å². The average Bonchev–Trinajstić information content (AvgIpc) is 3.38. The summed E-state index contributed by atoms with van der Waals surface area (Å²) in [6, 6.07) is 7.81. The SMILES string of the molecule is NCC1CCN(c2nc(C(=O)Nc3ccccc3N3CCC(O)CC3)cs2)C1. The van der Waals surface area contributed by atoms with Gasteiger partial charge < -0.3 is 26.0 Å². The van der Waals surface area contributed by atoms with Crippen LogP contribution in [0.2, 0.25) is 0 Å². The molecule has 1 unspecified atom stereocenters. The lowest BCUT2D eigenvalue weighted by Crippen LogP contribution is -2.36. The van der Waals surface area contributed by atoms with Gasteiger partial charge in [-0.3, -0.25) is 4.79 Å². The van der Waals surface area contributed by atoms with Crippen molar-refractivity contribution in [1.29, 1.82) is 0 Å². The maximum Gasteiger partial charge on any atom is 0.275 e. The van der Waals surface area contributed by atoms with E-state index >= 15 is 0 Å². The number of aliphatic hydroxyl groups is 1. The number of thiazole rings is 1. The number of para-hydroxylation sites is 2. The Morgan fingerprint density at radius 3 is 2.71 bits per heavy atom. The molecular formula is C20H27N5O2S. The predicted octanol–water partition coefficient (Wildman–Crippen LogP) is 2.14. The second kappa shape index (κ2) is 8.46. The van der Waals surface area contributed by atoms with Gasteiger partial charge in [-0.05, 0) is 43.9 Å². The standard InChI is InChI=1S/C20H27N5O2S/c21-11-14-5-8-25(12-14)20-23-17(13-28-20)19(27)22-16-3-1-2-4-18(16)24-9-6-15(26)7-10-24/h1-4,13-15,26H,5-12,21H2,(H,22,27). The van der Waals surface area contributed by atoms with Gasteiger partial charge in [0.2, 0.25) is 0 Å². The van der Waals surface area contributed by atoms with Gasteiger partial charge in [0.05, 0.1) is 17.5 Å². The van der Waals surface area contributed by atoms with E-state index in [4.69, 9.17) is 5.73 Å². The highest BCUT2D eigenvalue weighted by Crippen LogP contribution is 2.30. The number of nitrogens with one attached hydrogen (secondary N) is 1. The van der Waals surface area contributed by atoms with Crippen molar-refractivity contribution >= 4 is 33.8 Å². The molecule has 7 nitrogen and oxygen atoms in total. The number of amides is 1. The Bertz CT molecular complexity index is 818. The summed E-state index contributed by atoms with van der Waals surface area (Å²) in [6.45, 7) is 4.12. The highest BCUT2D eigenvalue weighted by atomic mass is 32.1. The lowest BCUT2D eigenvalue weighted by molar-refractivity contribution is 0.102. The summed E-state index contributed by atoms with van der Waals surface area (Å²) in [5, 5.41) is 15.5. The highest BCUT2D eigenvalue weighted by molar-refractivity contribution is 7.14. The van der Waals surface area contributed by atoms with Gasteiger partial charge in [-0.1, -0.05) is 12.1 Å². The van der Waals surface area contributed by atoms with Crippen LogP contribution in [0.15, 0.2) is 29.6 Å². The van der Waals surface area contributed by atoms with E-state index in [9.17, 15) is 9.90 Å². The highest BCUT2D eigenvalue weighted by Gasteiger charge is 2.25. The van der Waals surface area contributed by atoms with Gasteiger partial charge in [-0.25, -0.2) is 4.98 Å². The van der Waals surface area contributed by atoms with E-state index in [0.29, 0.717) is 18.2 Å². The summed E-state index contributed by atoms with van der Waals surface area (Å²) < 4.78 is 0. The number of carbonyl (C=O) groups is 1. The number of anilines is 3. The lowest BCUT2D eigenvalue weighted by Gasteiger charge is -2.32. The molecule has 28 heavy (non-hydrogen) atoms. The van der Waals surface area contributed by atoms with E-state index in [1.807, 2.05) is 29.6 Å². The first-order valence-corrected chi connectivity index (χ1v) is 10.8. The molecule has 2 aliphatic heterocycles. The Morgan fingerprint density at radius 2 is 1.96 bits per heavy atom. The number of aromatic nitrogens is 1. The van der Waals surface area contributed by atoms with E-state index in [1.54, 1.807) is 0 Å². The fraction of sp³-hybridized carbons (Fsp3) is 0.500. The third-order valence-corrected chi connectivity index (χ3v) is 6.47. The maximum absolute atomic E-state index is 12.8. The third-order valence-electron chi connectivity index (χ3n) is 5.57. The van der Waals surface area contributed by atoms with Gasteiger partial charge in [-0.2, -0.15) is 0 Å². The van der Waals surface area contributed by atoms with Crippen molar-refractivity contribution in [2.75, 3.05) is 47.8 Å². The van der Waals surface area contributed by atoms with Crippen LogP contribution in [0.25, 0.3) is 0 Å². The molecule has 1 aromatic heterocycles. The van der Waals surface area contributed by atoms with Gasteiger partial charge >= 0.3 is 0 Å². The van der Waals surface area contributed by atoms with Crippen molar-refractivity contribution in [3.05, 3.63) is 35.3 Å². The molecule has 2 fully saturated rings. The van der Waals surface area contributed by atoms with Crippen LogP contribution in [-0.4, -0.2) is 54.8 Å². The van der Waals surface area contributed by atoms with Crippen LogP contribution in [-0.2, 0) is 0 Å². The van der Waals surface area contributed by atoms with Crippen LogP contribution < -0.4 is 20.9 Å². The zero-order valence-electron chi connectivity index (χ0n) is 15.9. The summed E-state index contributed by atoms with van der Waals surface area (Å²) in [7, 11) is 0. The van der Waals surface area contributed by atoms with E-state index in [1.165, 1.54) is 11.3 Å². The number of piperidine rings is 1.